The highest BCUT2D eigenvalue weighted by Gasteiger charge is 2.36. The van der Waals surface area contributed by atoms with Gasteiger partial charge >= 0.3 is 0 Å². The van der Waals surface area contributed by atoms with Crippen LogP contribution in [-0.4, -0.2) is 31.9 Å². The van der Waals surface area contributed by atoms with Gasteiger partial charge in [0.05, 0.1) is 0 Å². The summed E-state index contributed by atoms with van der Waals surface area (Å²) < 4.78 is 0. The van der Waals surface area contributed by atoms with Crippen LogP contribution in [0.4, 0.5) is 0 Å². The molecule has 0 amide bonds. The van der Waals surface area contributed by atoms with Gasteiger partial charge in [-0.1, -0.05) is 77.8 Å². The fraction of sp³-hybridized carbons (Fsp3) is 0.634. The number of aliphatic imine (C=N–C) groups is 1. The molecule has 1 saturated carbocycles. The first-order chi connectivity index (χ1) is 21.7. The number of hydrogen-bond acceptors (Lipinski definition) is 3. The van der Waals surface area contributed by atoms with E-state index < -0.39 is 0 Å². The second-order valence-corrected chi connectivity index (χ2v) is 15.1. The van der Waals surface area contributed by atoms with Crippen LogP contribution >= 0.6 is 0 Å². The van der Waals surface area contributed by atoms with Crippen LogP contribution in [0.5, 0.6) is 0 Å². The summed E-state index contributed by atoms with van der Waals surface area (Å²) in [7, 11) is 0. The smallest absolute Gasteiger partial charge is 0.0259 e. The van der Waals surface area contributed by atoms with Crippen LogP contribution in [0.15, 0.2) is 88.2 Å². The van der Waals surface area contributed by atoms with Gasteiger partial charge in [-0.05, 0) is 138 Å². The van der Waals surface area contributed by atoms with Crippen LogP contribution in [0.1, 0.15) is 90.4 Å². The second-order valence-electron chi connectivity index (χ2n) is 15.1. The topological polar surface area (TPSA) is 36.4 Å². The molecule has 3 nitrogen and oxygen atoms in total. The van der Waals surface area contributed by atoms with E-state index in [4.69, 9.17) is 0 Å². The molecule has 7 aliphatic rings. The van der Waals surface area contributed by atoms with Crippen molar-refractivity contribution in [3.8, 4) is 0 Å². The molecule has 3 heteroatoms. The van der Waals surface area contributed by atoms with E-state index in [0.29, 0.717) is 23.8 Å². The van der Waals surface area contributed by atoms with Crippen molar-refractivity contribution < 1.29 is 0 Å². The van der Waals surface area contributed by atoms with Gasteiger partial charge in [0.25, 0.3) is 0 Å². The third-order valence-electron chi connectivity index (χ3n) is 12.6. The van der Waals surface area contributed by atoms with Crippen LogP contribution in [0, 0.1) is 47.3 Å². The SMILES string of the molecule is C/C(=C\C=C(/CN[C@H]1C=CC2CCC=CC2C1)C1C=CC(C2C=NC=CC2)CC1)C1CCC(C2CCNC2)=C2CCCCC21. The van der Waals surface area contributed by atoms with E-state index in [1.54, 1.807) is 11.1 Å². The maximum absolute atomic E-state index is 4.46. The van der Waals surface area contributed by atoms with Gasteiger partial charge in [-0.2, -0.15) is 0 Å². The monoisotopic (exact) mass is 591 g/mol. The number of hydrogen-bond donors (Lipinski definition) is 2. The molecule has 2 aliphatic heterocycles. The fourth-order valence-corrected chi connectivity index (χ4v) is 9.94. The lowest BCUT2D eigenvalue weighted by atomic mass is 9.64. The van der Waals surface area contributed by atoms with Crippen molar-refractivity contribution in [2.24, 2.45) is 52.3 Å². The average molecular weight is 592 g/mol. The first kappa shape index (κ1) is 30.4. The van der Waals surface area contributed by atoms with Gasteiger partial charge < -0.3 is 10.6 Å². The zero-order valence-electron chi connectivity index (χ0n) is 27.3. The van der Waals surface area contributed by atoms with Crippen molar-refractivity contribution >= 4 is 6.21 Å². The van der Waals surface area contributed by atoms with Gasteiger partial charge in [0.2, 0.25) is 0 Å². The Kier molecular flexibility index (Phi) is 10.0. The minimum absolute atomic E-state index is 0.481. The maximum atomic E-state index is 4.46. The summed E-state index contributed by atoms with van der Waals surface area (Å²) in [4.78, 5) is 4.46. The Hall–Kier alpha value is -2.23. The Morgan fingerprint density at radius 3 is 2.64 bits per heavy atom. The minimum atomic E-state index is 0.481. The minimum Gasteiger partial charge on any atom is -0.316 e. The van der Waals surface area contributed by atoms with E-state index in [0.717, 1.165) is 42.6 Å². The lowest BCUT2D eigenvalue weighted by Crippen LogP contribution is -2.36. The van der Waals surface area contributed by atoms with E-state index in [-0.39, 0.29) is 0 Å². The maximum Gasteiger partial charge on any atom is 0.0259 e. The molecule has 0 radical (unpaired) electrons. The number of fused-ring (bicyclic) bond motifs is 2. The molecule has 0 spiro atoms. The van der Waals surface area contributed by atoms with Gasteiger partial charge in [-0.25, -0.2) is 0 Å². The summed E-state index contributed by atoms with van der Waals surface area (Å²) in [5, 5.41) is 7.67. The highest BCUT2D eigenvalue weighted by Crippen LogP contribution is 2.48. The van der Waals surface area contributed by atoms with Crippen molar-refractivity contribution in [2.45, 2.75) is 96.4 Å². The van der Waals surface area contributed by atoms with E-state index in [2.05, 4.69) is 83.4 Å². The summed E-state index contributed by atoms with van der Waals surface area (Å²) in [5.74, 6) is 5.56. The Morgan fingerprint density at radius 1 is 0.864 bits per heavy atom. The first-order valence-electron chi connectivity index (χ1n) is 18.5. The normalized spacial score (nSPS) is 39.1. The molecule has 7 rings (SSSR count). The molecule has 0 aromatic carbocycles. The lowest BCUT2D eigenvalue weighted by Gasteiger charge is -2.41. The van der Waals surface area contributed by atoms with Crippen LogP contribution in [0.2, 0.25) is 0 Å². The molecule has 2 fully saturated rings. The van der Waals surface area contributed by atoms with E-state index in [1.165, 1.54) is 90.1 Å². The third kappa shape index (κ3) is 6.95. The summed E-state index contributed by atoms with van der Waals surface area (Å²) in [5.41, 5.74) is 6.98. The van der Waals surface area contributed by atoms with E-state index in [1.807, 2.05) is 17.3 Å². The number of allylic oxidation sites excluding steroid dienone is 10. The Balaban J connectivity index is 1.08. The van der Waals surface area contributed by atoms with Gasteiger partial charge in [0.1, 0.15) is 0 Å². The molecule has 5 aliphatic carbocycles. The predicted octanol–water partition coefficient (Wildman–Crippen LogP) is 9.05. The molecule has 2 heterocycles. The zero-order chi connectivity index (χ0) is 29.7. The summed E-state index contributed by atoms with van der Waals surface area (Å²) in [6.45, 7) is 5.89. The Labute approximate surface area is 267 Å². The zero-order valence-corrected chi connectivity index (χ0v) is 27.3. The van der Waals surface area contributed by atoms with Crippen LogP contribution in [0.25, 0.3) is 0 Å². The van der Waals surface area contributed by atoms with Gasteiger partial charge in [0.15, 0.2) is 0 Å². The average Bonchev–Trinajstić information content (AvgIpc) is 3.63. The Bertz CT molecular complexity index is 1250. The molecule has 0 aromatic heterocycles. The molecule has 0 bridgehead atoms. The van der Waals surface area contributed by atoms with Crippen LogP contribution < -0.4 is 10.6 Å². The summed E-state index contributed by atoms with van der Waals surface area (Å²) in [6, 6.07) is 0.481. The molecule has 0 aromatic rings. The van der Waals surface area contributed by atoms with Crippen molar-refractivity contribution in [3.05, 3.63) is 83.2 Å². The highest BCUT2D eigenvalue weighted by molar-refractivity contribution is 5.64. The van der Waals surface area contributed by atoms with Crippen LogP contribution in [0.3, 0.4) is 0 Å². The third-order valence-corrected chi connectivity index (χ3v) is 12.6. The van der Waals surface area contributed by atoms with Crippen molar-refractivity contribution in [1.82, 2.24) is 10.6 Å². The molecular formula is C41H57N3. The molecule has 9 atom stereocenters. The first-order valence-corrected chi connectivity index (χ1v) is 18.5. The molecule has 1 saturated heterocycles. The summed E-state index contributed by atoms with van der Waals surface area (Å²) in [6.07, 6.45) is 43.6. The molecule has 8 unspecified atom stereocenters. The molecule has 2 N–H and O–H groups in total. The predicted molar refractivity (Wildman–Crippen MR) is 187 cm³/mol. The van der Waals surface area contributed by atoms with Crippen LogP contribution in [-0.2, 0) is 0 Å². The van der Waals surface area contributed by atoms with E-state index in [9.17, 15) is 0 Å². The van der Waals surface area contributed by atoms with Gasteiger partial charge in [-0.3, -0.25) is 4.99 Å². The molecule has 236 valence electrons. The molecule has 44 heavy (non-hydrogen) atoms. The van der Waals surface area contributed by atoms with Gasteiger partial charge in [-0.15, -0.1) is 0 Å². The van der Waals surface area contributed by atoms with Crippen molar-refractivity contribution in [2.75, 3.05) is 19.6 Å². The number of rotatable bonds is 8. The summed E-state index contributed by atoms with van der Waals surface area (Å²) >= 11 is 0. The largest absolute Gasteiger partial charge is 0.316 e. The molecular weight excluding hydrogens is 534 g/mol. The highest BCUT2D eigenvalue weighted by atomic mass is 14.9. The lowest BCUT2D eigenvalue weighted by molar-refractivity contribution is 0.302. The fourth-order valence-electron chi connectivity index (χ4n) is 9.94. The quantitative estimate of drug-likeness (QED) is 0.218. The Morgan fingerprint density at radius 2 is 1.80 bits per heavy atom. The standard InChI is InChI=1S/C41H57N3/c1-29(38-20-21-39(36-22-24-43-27-36)41-11-5-4-10-40(38)41)12-13-35(28-44-37-19-18-30-7-2-3-8-33(30)25-37)32-16-14-31(15-17-32)34-9-6-23-42-26-34/h3,6,8,12-14,16,18-19,23,26,30-34,36-38,40,43-44H,2,4-5,7,9-11,15,17,20-22,24-25,27-28H2,1H3/b29-12+,35-13+/t30?,31?,32?,33?,34?,36?,37-,38?,40?/m0/s1. The number of nitrogens with zero attached hydrogens (tertiary/aromatic N) is 1. The van der Waals surface area contributed by atoms with Crippen molar-refractivity contribution in [3.63, 3.8) is 0 Å². The van der Waals surface area contributed by atoms with Crippen molar-refractivity contribution in [1.29, 1.82) is 0 Å². The van der Waals surface area contributed by atoms with Gasteiger partial charge in [0, 0.05) is 37.5 Å². The second kappa shape index (κ2) is 14.5. The number of nitrogens with one attached hydrogen (secondary N) is 2. The van der Waals surface area contributed by atoms with E-state index >= 15 is 0 Å².